The van der Waals surface area contributed by atoms with Gasteiger partial charge in [-0.05, 0) is 55.9 Å². The van der Waals surface area contributed by atoms with Crippen LogP contribution in [0.1, 0.15) is 32.1 Å². The number of hydrogen-bond donors (Lipinski definition) is 2. The van der Waals surface area contributed by atoms with Crippen molar-refractivity contribution in [2.45, 2.75) is 44.2 Å². The highest BCUT2D eigenvalue weighted by molar-refractivity contribution is 5.91. The number of rotatable bonds is 4. The molecule has 0 aliphatic carbocycles. The maximum atomic E-state index is 14.2. The van der Waals surface area contributed by atoms with Gasteiger partial charge >= 0.3 is 0 Å². The molecule has 1 amide bonds. The molecule has 2 aliphatic heterocycles. The molecule has 142 valence electrons. The topological polar surface area (TPSA) is 59.0 Å². The Morgan fingerprint density at radius 2 is 2.00 bits per heavy atom. The lowest BCUT2D eigenvalue weighted by molar-refractivity contribution is -0.117. The van der Waals surface area contributed by atoms with E-state index in [1.807, 2.05) is 0 Å². The van der Waals surface area contributed by atoms with E-state index in [9.17, 15) is 9.18 Å². The van der Waals surface area contributed by atoms with E-state index in [0.717, 1.165) is 12.8 Å². The minimum atomic E-state index is -0.406. The van der Waals surface area contributed by atoms with Gasteiger partial charge in [0.15, 0.2) is 5.82 Å². The number of nitrogens with one attached hydrogen (secondary N) is 2. The van der Waals surface area contributed by atoms with Crippen molar-refractivity contribution in [3.05, 3.63) is 42.5 Å². The fourth-order valence-corrected chi connectivity index (χ4v) is 4.00. The van der Waals surface area contributed by atoms with E-state index in [0.29, 0.717) is 35.8 Å². The van der Waals surface area contributed by atoms with Crippen LogP contribution in [0.2, 0.25) is 0 Å². The first-order valence-corrected chi connectivity index (χ1v) is 8.53. The monoisotopic (exact) mass is 400 g/mol. The summed E-state index contributed by atoms with van der Waals surface area (Å²) in [6.07, 6.45) is 8.37. The average Bonchev–Trinajstić information content (AvgIpc) is 3.17. The Labute approximate surface area is 164 Å². The molecule has 0 saturated carbocycles. The molecule has 4 rings (SSSR count). The van der Waals surface area contributed by atoms with Crippen LogP contribution in [0.15, 0.2) is 36.7 Å². The summed E-state index contributed by atoms with van der Waals surface area (Å²) < 4.78 is 15.7. The Bertz CT molecular complexity index is 729. The largest absolute Gasteiger partial charge is 0.326 e. The molecule has 2 aromatic rings. The van der Waals surface area contributed by atoms with Crippen LogP contribution < -0.4 is 10.6 Å². The number of aromatic nitrogens is 2. The van der Waals surface area contributed by atoms with Gasteiger partial charge in [0, 0.05) is 36.6 Å². The maximum Gasteiger partial charge on any atom is 0.224 e. The van der Waals surface area contributed by atoms with Gasteiger partial charge in [-0.25, -0.2) is 9.07 Å². The highest BCUT2D eigenvalue weighted by Crippen LogP contribution is 2.32. The molecule has 0 spiro atoms. The summed E-state index contributed by atoms with van der Waals surface area (Å²) in [4.78, 5) is 12.3. The smallest absolute Gasteiger partial charge is 0.224 e. The second kappa shape index (κ2) is 8.84. The van der Waals surface area contributed by atoms with Crippen molar-refractivity contribution in [1.29, 1.82) is 0 Å². The molecule has 2 unspecified atom stereocenters. The second-order valence-corrected chi connectivity index (χ2v) is 6.84. The van der Waals surface area contributed by atoms with Crippen LogP contribution in [0.25, 0.3) is 5.69 Å². The molecular formula is C18H23Cl2FN4O. The minimum Gasteiger partial charge on any atom is -0.326 e. The summed E-state index contributed by atoms with van der Waals surface area (Å²) in [7, 11) is 0. The summed E-state index contributed by atoms with van der Waals surface area (Å²) in [5, 5.41) is 10.4. The van der Waals surface area contributed by atoms with Crippen molar-refractivity contribution >= 4 is 36.4 Å². The number of fused-ring (bicyclic) bond motifs is 2. The molecule has 1 aromatic heterocycles. The first-order chi connectivity index (χ1) is 11.7. The molecule has 2 atom stereocenters. The predicted molar refractivity (Wildman–Crippen MR) is 104 cm³/mol. The van der Waals surface area contributed by atoms with Crippen LogP contribution >= 0.6 is 24.8 Å². The van der Waals surface area contributed by atoms with Crippen molar-refractivity contribution in [3.8, 4) is 5.69 Å². The number of halogens is 3. The van der Waals surface area contributed by atoms with Crippen molar-refractivity contribution < 1.29 is 9.18 Å². The van der Waals surface area contributed by atoms with Gasteiger partial charge in [0.2, 0.25) is 5.91 Å². The number of piperidine rings is 1. The lowest BCUT2D eigenvalue weighted by atomic mass is 9.89. The summed E-state index contributed by atoms with van der Waals surface area (Å²) in [6, 6.07) is 7.58. The zero-order valence-electron chi connectivity index (χ0n) is 14.2. The number of anilines is 1. The van der Waals surface area contributed by atoms with E-state index in [1.54, 1.807) is 30.6 Å². The average molecular weight is 401 g/mol. The molecule has 5 nitrogen and oxygen atoms in total. The zero-order chi connectivity index (χ0) is 16.5. The third-order valence-corrected chi connectivity index (χ3v) is 5.03. The standard InChI is InChI=1S/C18H21FN4O.2ClH/c19-16-11-15(4-5-17(16)23-7-1-6-20-23)22-18(24)10-12-8-13-2-3-14(9-12)21-13;;/h1,4-7,11-14,21H,2-3,8-10H2,(H,22,24);2*1H. The number of benzene rings is 1. The normalized spacial score (nSPS) is 23.7. The van der Waals surface area contributed by atoms with Crippen molar-refractivity contribution in [2.24, 2.45) is 5.92 Å². The van der Waals surface area contributed by atoms with Crippen LogP contribution in [-0.2, 0) is 4.79 Å². The molecule has 3 heterocycles. The number of carbonyl (C=O) groups excluding carboxylic acids is 1. The van der Waals surface area contributed by atoms with Gasteiger partial charge in [0.1, 0.15) is 5.69 Å². The lowest BCUT2D eigenvalue weighted by Gasteiger charge is -2.28. The molecule has 2 saturated heterocycles. The predicted octanol–water partition coefficient (Wildman–Crippen LogP) is 3.71. The van der Waals surface area contributed by atoms with Gasteiger partial charge in [-0.2, -0.15) is 5.10 Å². The quantitative estimate of drug-likeness (QED) is 0.821. The van der Waals surface area contributed by atoms with Gasteiger partial charge < -0.3 is 10.6 Å². The van der Waals surface area contributed by atoms with Gasteiger partial charge in [-0.1, -0.05) is 0 Å². The van der Waals surface area contributed by atoms with E-state index in [-0.39, 0.29) is 30.7 Å². The highest BCUT2D eigenvalue weighted by atomic mass is 35.5. The van der Waals surface area contributed by atoms with E-state index in [4.69, 9.17) is 0 Å². The third-order valence-electron chi connectivity index (χ3n) is 5.03. The Morgan fingerprint density at radius 1 is 1.27 bits per heavy atom. The summed E-state index contributed by atoms with van der Waals surface area (Å²) in [6.45, 7) is 0. The molecule has 0 radical (unpaired) electrons. The SMILES string of the molecule is Cl.Cl.O=C(CC1CC2CCC(C1)N2)Nc1ccc(-n2cccn2)c(F)c1. The fourth-order valence-electron chi connectivity index (χ4n) is 4.00. The number of amides is 1. The Morgan fingerprint density at radius 3 is 2.62 bits per heavy atom. The van der Waals surface area contributed by atoms with Crippen LogP contribution in [0.3, 0.4) is 0 Å². The zero-order valence-corrected chi connectivity index (χ0v) is 15.9. The molecular weight excluding hydrogens is 378 g/mol. The molecule has 2 aliphatic rings. The fraction of sp³-hybridized carbons (Fsp3) is 0.444. The highest BCUT2D eigenvalue weighted by Gasteiger charge is 2.34. The summed E-state index contributed by atoms with van der Waals surface area (Å²) in [5.41, 5.74) is 0.859. The first kappa shape index (κ1) is 20.7. The molecule has 2 bridgehead atoms. The van der Waals surface area contributed by atoms with E-state index < -0.39 is 5.82 Å². The third kappa shape index (κ3) is 4.55. The summed E-state index contributed by atoms with van der Waals surface area (Å²) >= 11 is 0. The Kier molecular flexibility index (Phi) is 7.03. The summed E-state index contributed by atoms with van der Waals surface area (Å²) in [5.74, 6) is -0.0131. The Hall–Kier alpha value is -1.63. The molecule has 26 heavy (non-hydrogen) atoms. The van der Waals surface area contributed by atoms with Crippen molar-refractivity contribution in [2.75, 3.05) is 5.32 Å². The molecule has 1 aromatic carbocycles. The lowest BCUT2D eigenvalue weighted by Crippen LogP contribution is -2.39. The van der Waals surface area contributed by atoms with E-state index in [1.165, 1.54) is 23.6 Å². The van der Waals surface area contributed by atoms with Crippen molar-refractivity contribution in [3.63, 3.8) is 0 Å². The van der Waals surface area contributed by atoms with E-state index in [2.05, 4.69) is 15.7 Å². The van der Waals surface area contributed by atoms with Gasteiger partial charge in [-0.3, -0.25) is 4.79 Å². The number of nitrogens with zero attached hydrogens (tertiary/aromatic N) is 2. The van der Waals surface area contributed by atoms with Crippen molar-refractivity contribution in [1.82, 2.24) is 15.1 Å². The van der Waals surface area contributed by atoms with Gasteiger partial charge in [0.25, 0.3) is 0 Å². The second-order valence-electron chi connectivity index (χ2n) is 6.84. The number of carbonyl (C=O) groups is 1. The van der Waals surface area contributed by atoms with Crippen LogP contribution in [0.4, 0.5) is 10.1 Å². The maximum absolute atomic E-state index is 14.2. The van der Waals surface area contributed by atoms with Gasteiger partial charge in [0.05, 0.1) is 0 Å². The van der Waals surface area contributed by atoms with Crippen LogP contribution in [0, 0.1) is 11.7 Å². The minimum absolute atomic E-state index is 0. The molecule has 2 N–H and O–H groups in total. The molecule has 2 fully saturated rings. The van der Waals surface area contributed by atoms with Crippen LogP contribution in [-0.4, -0.2) is 27.8 Å². The van der Waals surface area contributed by atoms with Gasteiger partial charge in [-0.15, -0.1) is 24.8 Å². The molecule has 8 heteroatoms. The van der Waals surface area contributed by atoms with Crippen LogP contribution in [0.5, 0.6) is 0 Å². The van der Waals surface area contributed by atoms with E-state index >= 15 is 0 Å². The Balaban J connectivity index is 0.00000121. The first-order valence-electron chi connectivity index (χ1n) is 8.53. The number of hydrogen-bond acceptors (Lipinski definition) is 3.